The first-order chi connectivity index (χ1) is 8.63. The number of benzene rings is 1. The number of hydrogen-bond donors (Lipinski definition) is 0. The third kappa shape index (κ3) is 2.37. The van der Waals surface area contributed by atoms with Crippen molar-refractivity contribution in [2.75, 3.05) is 20.2 Å². The highest BCUT2D eigenvalue weighted by molar-refractivity contribution is 5.94. The number of nitrogens with zero attached hydrogens (tertiary/aromatic N) is 1. The number of amides is 1. The Hall–Kier alpha value is -1.84. The predicted molar refractivity (Wildman–Crippen MR) is 67.0 cm³/mol. The Morgan fingerprint density at radius 2 is 1.89 bits per heavy atom. The van der Waals surface area contributed by atoms with Crippen LogP contribution < -0.4 is 0 Å². The molecule has 1 aromatic rings. The molecule has 0 saturated carbocycles. The smallest absolute Gasteiger partial charge is 0.310 e. The van der Waals surface area contributed by atoms with Gasteiger partial charge in [-0.3, -0.25) is 9.59 Å². The maximum absolute atomic E-state index is 12.2. The van der Waals surface area contributed by atoms with Gasteiger partial charge in [-0.15, -0.1) is 0 Å². The van der Waals surface area contributed by atoms with Gasteiger partial charge in [-0.1, -0.05) is 25.1 Å². The Morgan fingerprint density at radius 1 is 1.22 bits per heavy atom. The second kappa shape index (κ2) is 5.21. The molecule has 1 saturated heterocycles. The zero-order valence-electron chi connectivity index (χ0n) is 10.6. The van der Waals surface area contributed by atoms with E-state index in [2.05, 4.69) is 0 Å². The van der Waals surface area contributed by atoms with Crippen LogP contribution in [0.15, 0.2) is 30.3 Å². The minimum Gasteiger partial charge on any atom is -0.469 e. The normalized spacial score (nSPS) is 22.9. The van der Waals surface area contributed by atoms with Crippen molar-refractivity contribution in [2.45, 2.75) is 6.92 Å². The molecule has 1 heterocycles. The Kier molecular flexibility index (Phi) is 3.65. The molecule has 1 aliphatic rings. The summed E-state index contributed by atoms with van der Waals surface area (Å²) in [6.07, 6.45) is 0. The number of likely N-dealkylation sites (tertiary alicyclic amines) is 1. The summed E-state index contributed by atoms with van der Waals surface area (Å²) in [4.78, 5) is 25.5. The van der Waals surface area contributed by atoms with E-state index < -0.39 is 0 Å². The molecule has 0 aromatic heterocycles. The lowest BCUT2D eigenvalue weighted by Gasteiger charge is -2.15. The molecular formula is C14H17NO3. The van der Waals surface area contributed by atoms with Crippen molar-refractivity contribution in [1.29, 1.82) is 0 Å². The van der Waals surface area contributed by atoms with Crippen molar-refractivity contribution in [3.05, 3.63) is 35.9 Å². The van der Waals surface area contributed by atoms with Crippen LogP contribution in [-0.4, -0.2) is 37.0 Å². The SMILES string of the molecule is COC(=O)C1CN(C(=O)c2ccccc2)CC1C. The number of carbonyl (C=O) groups excluding carboxylic acids is 2. The minimum atomic E-state index is -0.231. The quantitative estimate of drug-likeness (QED) is 0.745. The molecule has 1 aromatic carbocycles. The molecule has 2 unspecified atom stereocenters. The number of carbonyl (C=O) groups is 2. The van der Waals surface area contributed by atoms with Crippen molar-refractivity contribution < 1.29 is 14.3 Å². The summed E-state index contributed by atoms with van der Waals surface area (Å²) in [5, 5.41) is 0. The molecular weight excluding hydrogens is 230 g/mol. The molecule has 0 radical (unpaired) electrons. The Balaban J connectivity index is 2.09. The van der Waals surface area contributed by atoms with Gasteiger partial charge >= 0.3 is 5.97 Å². The summed E-state index contributed by atoms with van der Waals surface area (Å²) < 4.78 is 4.76. The third-order valence-corrected chi connectivity index (χ3v) is 3.42. The van der Waals surface area contributed by atoms with Crippen LogP contribution in [0.5, 0.6) is 0 Å². The molecule has 0 N–H and O–H groups in total. The second-order valence-electron chi connectivity index (χ2n) is 4.68. The molecule has 4 heteroatoms. The van der Waals surface area contributed by atoms with Gasteiger partial charge in [0.05, 0.1) is 13.0 Å². The second-order valence-corrected chi connectivity index (χ2v) is 4.68. The minimum absolute atomic E-state index is 0.0196. The summed E-state index contributed by atoms with van der Waals surface area (Å²) in [7, 11) is 1.39. The number of rotatable bonds is 2. The number of esters is 1. The lowest BCUT2D eigenvalue weighted by molar-refractivity contribution is -0.146. The van der Waals surface area contributed by atoms with Crippen LogP contribution in [0.2, 0.25) is 0 Å². The maximum Gasteiger partial charge on any atom is 0.310 e. The molecule has 1 aliphatic heterocycles. The fourth-order valence-corrected chi connectivity index (χ4v) is 2.35. The first kappa shape index (κ1) is 12.6. The topological polar surface area (TPSA) is 46.6 Å². The van der Waals surface area contributed by atoms with Gasteiger partial charge in [0.25, 0.3) is 5.91 Å². The zero-order valence-corrected chi connectivity index (χ0v) is 10.6. The van der Waals surface area contributed by atoms with E-state index >= 15 is 0 Å². The summed E-state index contributed by atoms with van der Waals surface area (Å²) in [5.41, 5.74) is 0.662. The number of methoxy groups -OCH3 is 1. The van der Waals surface area contributed by atoms with Gasteiger partial charge in [-0.25, -0.2) is 0 Å². The molecule has 4 nitrogen and oxygen atoms in total. The third-order valence-electron chi connectivity index (χ3n) is 3.42. The molecule has 18 heavy (non-hydrogen) atoms. The average Bonchev–Trinajstić information content (AvgIpc) is 2.80. The van der Waals surface area contributed by atoms with Crippen molar-refractivity contribution >= 4 is 11.9 Å². The van der Waals surface area contributed by atoms with Crippen LogP contribution in [0.4, 0.5) is 0 Å². The Labute approximate surface area is 107 Å². The van der Waals surface area contributed by atoms with Gasteiger partial charge in [0.2, 0.25) is 0 Å². The molecule has 0 spiro atoms. The maximum atomic E-state index is 12.2. The fourth-order valence-electron chi connectivity index (χ4n) is 2.35. The van der Waals surface area contributed by atoms with Crippen LogP contribution in [-0.2, 0) is 9.53 Å². The zero-order chi connectivity index (χ0) is 13.1. The highest BCUT2D eigenvalue weighted by Crippen LogP contribution is 2.25. The molecule has 2 rings (SSSR count). The molecule has 0 aliphatic carbocycles. The highest BCUT2D eigenvalue weighted by Gasteiger charge is 2.37. The largest absolute Gasteiger partial charge is 0.469 e. The fraction of sp³-hybridized carbons (Fsp3) is 0.429. The lowest BCUT2D eigenvalue weighted by Crippen LogP contribution is -2.30. The molecule has 96 valence electrons. The van der Waals surface area contributed by atoms with Crippen molar-refractivity contribution in [3.63, 3.8) is 0 Å². The molecule has 2 atom stereocenters. The van der Waals surface area contributed by atoms with Gasteiger partial charge in [0.1, 0.15) is 0 Å². The highest BCUT2D eigenvalue weighted by atomic mass is 16.5. The van der Waals surface area contributed by atoms with E-state index in [1.54, 1.807) is 17.0 Å². The van der Waals surface area contributed by atoms with E-state index in [4.69, 9.17) is 4.74 Å². The molecule has 0 bridgehead atoms. The average molecular weight is 247 g/mol. The van der Waals surface area contributed by atoms with E-state index in [1.807, 2.05) is 25.1 Å². The standard InChI is InChI=1S/C14H17NO3/c1-10-8-15(9-12(10)14(17)18-2)13(16)11-6-4-3-5-7-11/h3-7,10,12H,8-9H2,1-2H3. The Morgan fingerprint density at radius 3 is 2.50 bits per heavy atom. The first-order valence-corrected chi connectivity index (χ1v) is 6.05. The van der Waals surface area contributed by atoms with Crippen LogP contribution in [0.1, 0.15) is 17.3 Å². The predicted octanol–water partition coefficient (Wildman–Crippen LogP) is 1.57. The summed E-state index contributed by atoms with van der Waals surface area (Å²) in [6, 6.07) is 9.13. The van der Waals surface area contributed by atoms with E-state index in [9.17, 15) is 9.59 Å². The molecule has 1 amide bonds. The van der Waals surface area contributed by atoms with Gasteiger partial charge in [0, 0.05) is 18.7 Å². The van der Waals surface area contributed by atoms with E-state index in [1.165, 1.54) is 7.11 Å². The van der Waals surface area contributed by atoms with Crippen molar-refractivity contribution in [3.8, 4) is 0 Å². The monoisotopic (exact) mass is 247 g/mol. The first-order valence-electron chi connectivity index (χ1n) is 6.05. The van der Waals surface area contributed by atoms with Crippen LogP contribution in [0.3, 0.4) is 0 Å². The van der Waals surface area contributed by atoms with Crippen LogP contribution >= 0.6 is 0 Å². The van der Waals surface area contributed by atoms with E-state index in [0.717, 1.165) is 0 Å². The summed E-state index contributed by atoms with van der Waals surface area (Å²) in [5.74, 6) is -0.313. The van der Waals surface area contributed by atoms with E-state index in [0.29, 0.717) is 18.7 Å². The summed E-state index contributed by atoms with van der Waals surface area (Å²) >= 11 is 0. The van der Waals surface area contributed by atoms with Gasteiger partial charge in [-0.05, 0) is 18.1 Å². The molecule has 1 fully saturated rings. The van der Waals surface area contributed by atoms with Gasteiger partial charge in [-0.2, -0.15) is 0 Å². The number of hydrogen-bond acceptors (Lipinski definition) is 3. The van der Waals surface area contributed by atoms with Gasteiger partial charge in [0.15, 0.2) is 0 Å². The van der Waals surface area contributed by atoms with Crippen molar-refractivity contribution in [2.24, 2.45) is 11.8 Å². The van der Waals surface area contributed by atoms with Crippen molar-refractivity contribution in [1.82, 2.24) is 4.90 Å². The Bertz CT molecular complexity index is 444. The summed E-state index contributed by atoms with van der Waals surface area (Å²) in [6.45, 7) is 3.02. The van der Waals surface area contributed by atoms with Gasteiger partial charge < -0.3 is 9.64 Å². The van der Waals surface area contributed by atoms with E-state index in [-0.39, 0.29) is 23.7 Å². The van der Waals surface area contributed by atoms with Crippen LogP contribution in [0, 0.1) is 11.8 Å². The lowest BCUT2D eigenvalue weighted by atomic mass is 9.99. The number of ether oxygens (including phenoxy) is 1. The van der Waals surface area contributed by atoms with Crippen LogP contribution in [0.25, 0.3) is 0 Å².